The Bertz CT molecular complexity index is 410. The van der Waals surface area contributed by atoms with Gasteiger partial charge >= 0.3 is 30.4 Å². The zero-order valence-electron chi connectivity index (χ0n) is 9.82. The molecule has 0 aromatic heterocycles. The molecule has 0 aliphatic rings. The fourth-order valence-electron chi connectivity index (χ4n) is 1.33. The number of hydrogen-bond acceptors (Lipinski definition) is 1. The Morgan fingerprint density at radius 2 is 0.818 bits per heavy atom. The number of carbonyl (C=O) groups excluding carboxylic acids is 1. The smallest absolute Gasteiger partial charge is 0.288 e. The van der Waals surface area contributed by atoms with E-state index in [-0.39, 0.29) is 0 Å². The average Bonchev–Trinajstić information content (AvgIpc) is 2.21. The van der Waals surface area contributed by atoms with E-state index in [1.54, 1.807) is 0 Å². The van der Waals surface area contributed by atoms with Crippen molar-refractivity contribution in [3.63, 3.8) is 0 Å². The third-order valence-electron chi connectivity index (χ3n) is 2.68. The van der Waals surface area contributed by atoms with Crippen molar-refractivity contribution in [2.24, 2.45) is 5.41 Å². The SMILES string of the molecule is CC(C(=O)C(F)(F)F)(C(F)(F)C(F)(F)F)C(F)(F)C(F)(F)F. The Kier molecular flexibility index (Phi) is 4.60. The summed E-state index contributed by atoms with van der Waals surface area (Å²) in [6.45, 7) is -1.44. The first kappa shape index (κ1) is 20.8. The number of rotatable bonds is 3. The van der Waals surface area contributed by atoms with Crippen LogP contribution in [0, 0.1) is 5.41 Å². The van der Waals surface area contributed by atoms with Gasteiger partial charge in [-0.25, -0.2) is 0 Å². The van der Waals surface area contributed by atoms with Gasteiger partial charge in [0.05, 0.1) is 0 Å². The quantitative estimate of drug-likeness (QED) is 0.675. The highest BCUT2D eigenvalue weighted by Gasteiger charge is 2.87. The summed E-state index contributed by atoms with van der Waals surface area (Å²) in [6.07, 6.45) is -21.4. The van der Waals surface area contributed by atoms with E-state index in [1.807, 2.05) is 0 Å². The van der Waals surface area contributed by atoms with Crippen molar-refractivity contribution in [3.05, 3.63) is 0 Å². The molecule has 0 heterocycles. The van der Waals surface area contributed by atoms with E-state index in [4.69, 9.17) is 0 Å². The predicted molar refractivity (Wildman–Crippen MR) is 41.2 cm³/mol. The molecule has 132 valence electrons. The molecule has 14 heteroatoms. The summed E-state index contributed by atoms with van der Waals surface area (Å²) in [5, 5.41) is 0. The number of ketones is 1. The van der Waals surface area contributed by atoms with Gasteiger partial charge in [0, 0.05) is 0 Å². The molecule has 0 aromatic carbocycles. The minimum absolute atomic E-state index is 1.44. The van der Waals surface area contributed by atoms with E-state index in [1.165, 1.54) is 0 Å². The number of hydrogen-bond donors (Lipinski definition) is 0. The molecule has 0 bridgehead atoms. The molecule has 0 aromatic rings. The van der Waals surface area contributed by atoms with E-state index < -0.39 is 48.5 Å². The molecule has 0 rings (SSSR count). The highest BCUT2D eigenvalue weighted by Crippen LogP contribution is 2.61. The highest BCUT2D eigenvalue weighted by molar-refractivity contribution is 5.91. The minimum Gasteiger partial charge on any atom is -0.288 e. The average molecular weight is 362 g/mol. The van der Waals surface area contributed by atoms with Gasteiger partial charge in [0.2, 0.25) is 0 Å². The molecule has 0 unspecified atom stereocenters. The maximum atomic E-state index is 13.0. The van der Waals surface area contributed by atoms with Crippen molar-refractivity contribution in [2.75, 3.05) is 0 Å². The van der Waals surface area contributed by atoms with Gasteiger partial charge in [-0.15, -0.1) is 0 Å². The summed E-state index contributed by atoms with van der Waals surface area (Å²) in [5.41, 5.74) is -6.48. The van der Waals surface area contributed by atoms with Crippen molar-refractivity contribution >= 4 is 5.78 Å². The Labute approximate surface area is 112 Å². The van der Waals surface area contributed by atoms with Crippen LogP contribution in [0.15, 0.2) is 0 Å². The lowest BCUT2D eigenvalue weighted by Crippen LogP contribution is -2.69. The Balaban J connectivity index is 6.71. The number of carbonyl (C=O) groups is 1. The fourth-order valence-corrected chi connectivity index (χ4v) is 1.33. The first-order valence-electron chi connectivity index (χ1n) is 4.66. The summed E-state index contributed by atoms with van der Waals surface area (Å²) in [5.74, 6) is -19.2. The maximum Gasteiger partial charge on any atom is 0.454 e. The van der Waals surface area contributed by atoms with Crippen LogP contribution in [0.2, 0.25) is 0 Å². The fraction of sp³-hybridized carbons (Fsp3) is 0.875. The lowest BCUT2D eigenvalue weighted by Gasteiger charge is -2.42. The van der Waals surface area contributed by atoms with Gasteiger partial charge in [-0.05, 0) is 6.92 Å². The van der Waals surface area contributed by atoms with Crippen LogP contribution >= 0.6 is 0 Å². The zero-order chi connectivity index (χ0) is 18.6. The molecule has 22 heavy (non-hydrogen) atoms. The first-order valence-corrected chi connectivity index (χ1v) is 4.66. The third-order valence-corrected chi connectivity index (χ3v) is 2.68. The van der Waals surface area contributed by atoms with Crippen molar-refractivity contribution in [1.29, 1.82) is 0 Å². The molecule has 0 fully saturated rings. The first-order chi connectivity index (χ1) is 9.15. The van der Waals surface area contributed by atoms with Crippen molar-refractivity contribution in [3.8, 4) is 0 Å². The minimum atomic E-state index is -7.33. The van der Waals surface area contributed by atoms with E-state index in [9.17, 15) is 61.9 Å². The normalized spacial score (nSPS) is 15.9. The molecule has 0 amide bonds. The molecule has 0 aliphatic heterocycles. The zero-order valence-corrected chi connectivity index (χ0v) is 9.82. The van der Waals surface area contributed by atoms with Gasteiger partial charge in [-0.3, -0.25) is 4.79 Å². The lowest BCUT2D eigenvalue weighted by atomic mass is 9.72. The Hall–Kier alpha value is -1.24. The molecule has 0 saturated heterocycles. The summed E-state index contributed by atoms with van der Waals surface area (Å²) < 4.78 is 160. The second kappa shape index (κ2) is 4.88. The Morgan fingerprint density at radius 1 is 0.591 bits per heavy atom. The number of Topliss-reactive ketones (excluding diaryl/α,β-unsaturated/α-hetero) is 1. The van der Waals surface area contributed by atoms with Crippen LogP contribution < -0.4 is 0 Å². The van der Waals surface area contributed by atoms with Gasteiger partial charge < -0.3 is 0 Å². The summed E-state index contributed by atoms with van der Waals surface area (Å²) in [6, 6.07) is 0. The largest absolute Gasteiger partial charge is 0.454 e. The van der Waals surface area contributed by atoms with Gasteiger partial charge in [-0.2, -0.15) is 57.1 Å². The van der Waals surface area contributed by atoms with Crippen molar-refractivity contribution in [1.82, 2.24) is 0 Å². The van der Waals surface area contributed by atoms with Crippen LogP contribution in [-0.2, 0) is 4.79 Å². The second-order valence-electron chi connectivity index (χ2n) is 4.10. The molecule has 0 saturated carbocycles. The van der Waals surface area contributed by atoms with E-state index in [2.05, 4.69) is 0 Å². The van der Waals surface area contributed by atoms with E-state index >= 15 is 0 Å². The van der Waals surface area contributed by atoms with Crippen LogP contribution in [0.25, 0.3) is 0 Å². The standard InChI is InChI=1S/C8H3F13O/c1-3(2(22)4(9,10)11,5(12,13)7(16,17)18)6(14,15)8(19,20)21/h1H3. The van der Waals surface area contributed by atoms with Crippen molar-refractivity contribution in [2.45, 2.75) is 37.3 Å². The molecule has 0 N–H and O–H groups in total. The molecular formula is C8H3F13O. The Morgan fingerprint density at radius 3 is 0.955 bits per heavy atom. The van der Waals surface area contributed by atoms with Crippen LogP contribution in [0.4, 0.5) is 57.1 Å². The van der Waals surface area contributed by atoms with Crippen LogP contribution in [0.3, 0.4) is 0 Å². The van der Waals surface area contributed by atoms with Gasteiger partial charge in [0.15, 0.2) is 5.41 Å². The lowest BCUT2D eigenvalue weighted by molar-refractivity contribution is -0.396. The molecule has 0 aliphatic carbocycles. The second-order valence-corrected chi connectivity index (χ2v) is 4.10. The molecular weight excluding hydrogens is 359 g/mol. The monoisotopic (exact) mass is 362 g/mol. The van der Waals surface area contributed by atoms with E-state index in [0.29, 0.717) is 0 Å². The van der Waals surface area contributed by atoms with Crippen molar-refractivity contribution < 1.29 is 61.9 Å². The number of alkyl halides is 13. The van der Waals surface area contributed by atoms with Gasteiger partial charge in [-0.1, -0.05) is 0 Å². The van der Waals surface area contributed by atoms with Crippen LogP contribution in [0.1, 0.15) is 6.92 Å². The van der Waals surface area contributed by atoms with Crippen LogP contribution in [0.5, 0.6) is 0 Å². The molecule has 0 atom stereocenters. The molecule has 1 nitrogen and oxygen atoms in total. The molecule has 0 spiro atoms. The predicted octanol–water partition coefficient (Wildman–Crippen LogP) is 4.52. The summed E-state index contributed by atoms with van der Waals surface area (Å²) >= 11 is 0. The maximum absolute atomic E-state index is 13.0. The number of halogens is 13. The summed E-state index contributed by atoms with van der Waals surface area (Å²) in [4.78, 5) is 10.6. The summed E-state index contributed by atoms with van der Waals surface area (Å²) in [7, 11) is 0. The third kappa shape index (κ3) is 2.71. The van der Waals surface area contributed by atoms with Crippen LogP contribution in [-0.4, -0.2) is 36.2 Å². The highest BCUT2D eigenvalue weighted by atomic mass is 19.4. The topological polar surface area (TPSA) is 17.1 Å². The van der Waals surface area contributed by atoms with Gasteiger partial charge in [0.25, 0.3) is 5.78 Å². The van der Waals surface area contributed by atoms with E-state index in [0.717, 1.165) is 0 Å². The molecule has 0 radical (unpaired) electrons. The van der Waals surface area contributed by atoms with Gasteiger partial charge in [0.1, 0.15) is 0 Å².